The highest BCUT2D eigenvalue weighted by Crippen LogP contribution is 2.06. The van der Waals surface area contributed by atoms with Gasteiger partial charge in [0.1, 0.15) is 0 Å². The van der Waals surface area contributed by atoms with Crippen molar-refractivity contribution >= 4 is 23.1 Å². The first kappa shape index (κ1) is 14.8. The molecule has 0 bridgehead atoms. The Kier molecular flexibility index (Phi) is 7.19. The Morgan fingerprint density at radius 1 is 1.67 bits per heavy atom. The first-order valence-electron chi connectivity index (χ1n) is 5.44. The summed E-state index contributed by atoms with van der Waals surface area (Å²) in [5.41, 5.74) is 2.97. The normalized spacial score (nSPS) is 11.3. The van der Waals surface area contributed by atoms with Crippen molar-refractivity contribution < 1.29 is 4.92 Å². The number of rotatable bonds is 9. The molecule has 0 aliphatic heterocycles. The lowest BCUT2D eigenvalue weighted by Gasteiger charge is -2.07. The molecule has 0 aliphatic rings. The molecule has 1 heterocycles. The highest BCUT2D eigenvalue weighted by molar-refractivity contribution is 7.99. The minimum atomic E-state index is -0.478. The molecule has 0 aromatic carbocycles. The fourth-order valence-electron chi connectivity index (χ4n) is 1.20. The van der Waals surface area contributed by atoms with Crippen LogP contribution >= 0.6 is 23.1 Å². The van der Waals surface area contributed by atoms with Gasteiger partial charge in [-0.25, -0.2) is 4.98 Å². The highest BCUT2D eigenvalue weighted by Gasteiger charge is 1.99. The molecular weight excluding hydrogens is 272 g/mol. The van der Waals surface area contributed by atoms with Crippen LogP contribution in [0.4, 0.5) is 0 Å². The molecule has 0 saturated heterocycles. The second kappa shape index (κ2) is 8.76. The molecule has 0 saturated carbocycles. The summed E-state index contributed by atoms with van der Waals surface area (Å²) in [5.74, 6) is 2.35. The monoisotopic (exact) mass is 288 g/mol. The van der Waals surface area contributed by atoms with Gasteiger partial charge in [0, 0.05) is 24.7 Å². The molecule has 0 aliphatic carbocycles. The van der Waals surface area contributed by atoms with E-state index in [1.165, 1.54) is 0 Å². The first-order chi connectivity index (χ1) is 8.72. The van der Waals surface area contributed by atoms with Gasteiger partial charge in [-0.2, -0.15) is 11.8 Å². The van der Waals surface area contributed by atoms with Crippen molar-refractivity contribution in [3.63, 3.8) is 0 Å². The van der Waals surface area contributed by atoms with E-state index in [2.05, 4.69) is 21.0 Å². The first-order valence-corrected chi connectivity index (χ1v) is 7.54. The standard InChI is InChI=1S/C10H16N4O2S2/c1-11-10(6-14(15)16)12-3-5-17-4-2-9-7-18-8-13-9/h6-8,11-12H,2-5H2,1H3/b10-6+. The Morgan fingerprint density at radius 3 is 3.11 bits per heavy atom. The summed E-state index contributed by atoms with van der Waals surface area (Å²) in [6.45, 7) is 0.697. The maximum Gasteiger partial charge on any atom is 0.274 e. The lowest BCUT2D eigenvalue weighted by Crippen LogP contribution is -2.26. The molecule has 2 N–H and O–H groups in total. The number of thioether (sulfide) groups is 1. The minimum absolute atomic E-state index is 0.431. The van der Waals surface area contributed by atoms with E-state index < -0.39 is 4.92 Å². The van der Waals surface area contributed by atoms with Crippen LogP contribution in [0.5, 0.6) is 0 Å². The van der Waals surface area contributed by atoms with E-state index in [1.54, 1.807) is 30.1 Å². The zero-order chi connectivity index (χ0) is 13.2. The quantitative estimate of drug-likeness (QED) is 0.405. The fourth-order valence-corrected chi connectivity index (χ4v) is 2.60. The molecule has 0 fully saturated rings. The van der Waals surface area contributed by atoms with Crippen LogP contribution in [-0.4, -0.2) is 35.0 Å². The summed E-state index contributed by atoms with van der Waals surface area (Å²) in [5, 5.41) is 18.0. The SMILES string of the molecule is CN/C(=C\[N+](=O)[O-])NCCSCCc1cscn1. The number of hydrogen-bond donors (Lipinski definition) is 2. The highest BCUT2D eigenvalue weighted by atomic mass is 32.2. The third kappa shape index (κ3) is 6.45. The summed E-state index contributed by atoms with van der Waals surface area (Å²) in [6.07, 6.45) is 1.90. The molecule has 6 nitrogen and oxygen atoms in total. The van der Waals surface area contributed by atoms with Crippen molar-refractivity contribution in [2.24, 2.45) is 0 Å². The largest absolute Gasteiger partial charge is 0.370 e. The summed E-state index contributed by atoms with van der Waals surface area (Å²) in [4.78, 5) is 14.0. The summed E-state index contributed by atoms with van der Waals surface area (Å²) in [7, 11) is 1.65. The second-order valence-electron chi connectivity index (χ2n) is 3.35. The van der Waals surface area contributed by atoms with E-state index in [1.807, 2.05) is 5.51 Å². The van der Waals surface area contributed by atoms with E-state index >= 15 is 0 Å². The third-order valence-electron chi connectivity index (χ3n) is 2.05. The number of nitrogens with one attached hydrogen (secondary N) is 2. The second-order valence-corrected chi connectivity index (χ2v) is 5.29. The van der Waals surface area contributed by atoms with Gasteiger partial charge in [0.05, 0.1) is 16.1 Å². The molecule has 0 atom stereocenters. The fraction of sp³-hybridized carbons (Fsp3) is 0.500. The Morgan fingerprint density at radius 2 is 2.50 bits per heavy atom. The molecule has 8 heteroatoms. The minimum Gasteiger partial charge on any atom is -0.370 e. The molecule has 0 spiro atoms. The summed E-state index contributed by atoms with van der Waals surface area (Å²) in [6, 6.07) is 0. The van der Waals surface area contributed by atoms with Crippen molar-refractivity contribution in [1.29, 1.82) is 0 Å². The number of thiazole rings is 1. The Labute approximate surface area is 114 Å². The zero-order valence-corrected chi connectivity index (χ0v) is 11.7. The average Bonchev–Trinajstić information content (AvgIpc) is 2.84. The zero-order valence-electron chi connectivity index (χ0n) is 10.1. The summed E-state index contributed by atoms with van der Waals surface area (Å²) < 4.78 is 0. The number of hydrogen-bond acceptors (Lipinski definition) is 7. The predicted octanol–water partition coefficient (Wildman–Crippen LogP) is 1.30. The molecule has 1 rings (SSSR count). The van der Waals surface area contributed by atoms with Gasteiger partial charge in [0.25, 0.3) is 6.20 Å². The average molecular weight is 288 g/mol. The number of aryl methyl sites for hydroxylation is 1. The van der Waals surface area contributed by atoms with Crippen molar-refractivity contribution in [2.75, 3.05) is 25.1 Å². The number of nitro groups is 1. The van der Waals surface area contributed by atoms with Crippen LogP contribution < -0.4 is 10.6 Å². The van der Waals surface area contributed by atoms with Gasteiger partial charge in [-0.3, -0.25) is 10.1 Å². The predicted molar refractivity (Wildman–Crippen MR) is 75.3 cm³/mol. The van der Waals surface area contributed by atoms with Crippen molar-refractivity contribution in [3.05, 3.63) is 38.7 Å². The maximum absolute atomic E-state index is 10.3. The van der Waals surface area contributed by atoms with Crippen LogP contribution in [0.1, 0.15) is 5.69 Å². The van der Waals surface area contributed by atoms with Gasteiger partial charge in [-0.15, -0.1) is 11.3 Å². The van der Waals surface area contributed by atoms with Crippen LogP contribution in [0.15, 0.2) is 22.9 Å². The molecule has 18 heavy (non-hydrogen) atoms. The molecule has 100 valence electrons. The smallest absolute Gasteiger partial charge is 0.274 e. The third-order valence-corrected chi connectivity index (χ3v) is 3.67. The number of aromatic nitrogens is 1. The van der Waals surface area contributed by atoms with Gasteiger partial charge in [-0.1, -0.05) is 0 Å². The molecule has 1 aromatic rings. The van der Waals surface area contributed by atoms with Crippen LogP contribution in [0.2, 0.25) is 0 Å². The van der Waals surface area contributed by atoms with E-state index in [-0.39, 0.29) is 0 Å². The molecule has 0 amide bonds. The van der Waals surface area contributed by atoms with E-state index in [4.69, 9.17) is 0 Å². The maximum atomic E-state index is 10.3. The van der Waals surface area contributed by atoms with E-state index in [0.717, 1.165) is 29.8 Å². The van der Waals surface area contributed by atoms with Crippen molar-refractivity contribution in [3.8, 4) is 0 Å². The molecule has 1 aromatic heterocycles. The Balaban J connectivity index is 2.06. The van der Waals surface area contributed by atoms with Crippen LogP contribution in [0.25, 0.3) is 0 Å². The lowest BCUT2D eigenvalue weighted by molar-refractivity contribution is -0.404. The van der Waals surface area contributed by atoms with Gasteiger partial charge < -0.3 is 10.6 Å². The molecular formula is C10H16N4O2S2. The Bertz CT molecular complexity index is 381. The van der Waals surface area contributed by atoms with Gasteiger partial charge >= 0.3 is 0 Å². The van der Waals surface area contributed by atoms with Gasteiger partial charge in [0.15, 0.2) is 5.82 Å². The van der Waals surface area contributed by atoms with Crippen LogP contribution in [-0.2, 0) is 6.42 Å². The Hall–Kier alpha value is -1.28. The van der Waals surface area contributed by atoms with Crippen LogP contribution in [0.3, 0.4) is 0 Å². The van der Waals surface area contributed by atoms with E-state index in [9.17, 15) is 10.1 Å². The van der Waals surface area contributed by atoms with Gasteiger partial charge in [-0.05, 0) is 12.2 Å². The summed E-state index contributed by atoms with van der Waals surface area (Å²) >= 11 is 3.41. The molecule has 0 unspecified atom stereocenters. The topological polar surface area (TPSA) is 80.1 Å². The van der Waals surface area contributed by atoms with Gasteiger partial charge in [0.2, 0.25) is 0 Å². The number of nitrogens with zero attached hydrogens (tertiary/aromatic N) is 2. The molecule has 0 radical (unpaired) electrons. The van der Waals surface area contributed by atoms with Crippen LogP contribution in [0, 0.1) is 10.1 Å². The van der Waals surface area contributed by atoms with Crippen molar-refractivity contribution in [1.82, 2.24) is 15.6 Å². The van der Waals surface area contributed by atoms with Crippen molar-refractivity contribution in [2.45, 2.75) is 6.42 Å². The van der Waals surface area contributed by atoms with E-state index in [0.29, 0.717) is 12.4 Å². The lowest BCUT2D eigenvalue weighted by atomic mass is 10.4.